The standard InChI is InChI=1S/C27H28F2N8O5/c1-36(11-14-4-5-16(39-2)9-21(14)40-3)19-10-22-31-18-8-15(34-35-25(18)42-26(28)29)12-41-20-7-6-17(20)32-27(38)37-13-30-23(19)24(37)33-22/h4-5,8-10,13,17,20,26H,6-7,11-12H2,1-3H3,(H,31,33)(H,32,38)/t17-,20-/m1/s1. The average molecular weight is 583 g/mol. The van der Waals surface area contributed by atoms with E-state index in [1.807, 2.05) is 24.1 Å². The number of carbonyl (C=O) groups excluding carboxylic acids is 1. The number of nitrogens with one attached hydrogen (secondary N) is 2. The maximum Gasteiger partial charge on any atom is 0.388 e. The third-order valence-electron chi connectivity index (χ3n) is 7.26. The van der Waals surface area contributed by atoms with Crippen LogP contribution in [-0.4, -0.2) is 70.8 Å². The molecule has 2 N–H and O–H groups in total. The second-order valence-electron chi connectivity index (χ2n) is 9.89. The number of halogens is 2. The van der Waals surface area contributed by atoms with E-state index in [1.165, 1.54) is 17.0 Å². The lowest BCUT2D eigenvalue weighted by molar-refractivity contribution is -0.0532. The lowest BCUT2D eigenvalue weighted by atomic mass is 9.89. The molecule has 1 fully saturated rings. The van der Waals surface area contributed by atoms with Crippen LogP contribution < -0.4 is 29.7 Å². The molecule has 1 aliphatic heterocycles. The van der Waals surface area contributed by atoms with Crippen molar-refractivity contribution < 1.29 is 32.5 Å². The highest BCUT2D eigenvalue weighted by Gasteiger charge is 2.34. The highest BCUT2D eigenvalue weighted by molar-refractivity contribution is 5.95. The van der Waals surface area contributed by atoms with Crippen LogP contribution in [0.5, 0.6) is 17.4 Å². The lowest BCUT2D eigenvalue weighted by Crippen LogP contribution is -2.52. The number of benzene rings is 1. The molecular weight excluding hydrogens is 554 g/mol. The van der Waals surface area contributed by atoms with Crippen molar-refractivity contribution in [1.82, 2.24) is 30.0 Å². The van der Waals surface area contributed by atoms with E-state index >= 15 is 0 Å². The zero-order valence-corrected chi connectivity index (χ0v) is 23.0. The van der Waals surface area contributed by atoms with Crippen molar-refractivity contribution in [3.05, 3.63) is 47.9 Å². The smallest absolute Gasteiger partial charge is 0.388 e. The molecule has 2 aliphatic rings. The maximum absolute atomic E-state index is 13.3. The van der Waals surface area contributed by atoms with E-state index < -0.39 is 18.5 Å². The van der Waals surface area contributed by atoms with Gasteiger partial charge in [-0.3, -0.25) is 0 Å². The van der Waals surface area contributed by atoms with Crippen LogP contribution in [0.1, 0.15) is 24.1 Å². The van der Waals surface area contributed by atoms with Crippen LogP contribution in [0.4, 0.5) is 30.8 Å². The Labute approximate surface area is 238 Å². The van der Waals surface area contributed by atoms with Gasteiger partial charge in [0.05, 0.1) is 44.4 Å². The number of hydrogen-bond donors (Lipinski definition) is 2. The van der Waals surface area contributed by atoms with Crippen molar-refractivity contribution in [2.75, 3.05) is 31.5 Å². The van der Waals surface area contributed by atoms with Crippen molar-refractivity contribution >= 4 is 34.4 Å². The van der Waals surface area contributed by atoms with E-state index in [9.17, 15) is 13.6 Å². The molecule has 0 saturated heterocycles. The molecule has 42 heavy (non-hydrogen) atoms. The number of imidazole rings is 1. The molecule has 6 rings (SSSR count). The first-order valence-corrected chi connectivity index (χ1v) is 13.1. The van der Waals surface area contributed by atoms with Crippen LogP contribution in [0.15, 0.2) is 36.7 Å². The van der Waals surface area contributed by atoms with Gasteiger partial charge in [-0.1, -0.05) is 0 Å². The number of rotatable bonds is 7. The molecule has 15 heteroatoms. The highest BCUT2D eigenvalue weighted by atomic mass is 19.3. The highest BCUT2D eigenvalue weighted by Crippen LogP contribution is 2.34. The molecule has 1 aliphatic carbocycles. The van der Waals surface area contributed by atoms with E-state index in [4.69, 9.17) is 14.2 Å². The van der Waals surface area contributed by atoms with Crippen LogP contribution >= 0.6 is 0 Å². The maximum atomic E-state index is 13.3. The second-order valence-corrected chi connectivity index (χ2v) is 9.89. The van der Waals surface area contributed by atoms with Gasteiger partial charge in [0.2, 0.25) is 0 Å². The van der Waals surface area contributed by atoms with Gasteiger partial charge in [0.15, 0.2) is 5.65 Å². The fourth-order valence-corrected chi connectivity index (χ4v) is 4.95. The molecule has 4 bridgehead atoms. The summed E-state index contributed by atoms with van der Waals surface area (Å²) in [7, 11) is 5.01. The Morgan fingerprint density at radius 1 is 1.17 bits per heavy atom. The van der Waals surface area contributed by atoms with E-state index in [0.29, 0.717) is 34.9 Å². The van der Waals surface area contributed by atoms with Crippen LogP contribution in [0, 0.1) is 0 Å². The van der Waals surface area contributed by atoms with Gasteiger partial charge in [0.1, 0.15) is 34.8 Å². The summed E-state index contributed by atoms with van der Waals surface area (Å²) in [5.41, 5.74) is 2.70. The van der Waals surface area contributed by atoms with E-state index in [2.05, 4.69) is 35.5 Å². The van der Waals surface area contributed by atoms with Crippen molar-refractivity contribution in [2.24, 2.45) is 0 Å². The minimum Gasteiger partial charge on any atom is -0.497 e. The van der Waals surface area contributed by atoms with Crippen LogP contribution in [0.25, 0.3) is 11.2 Å². The van der Waals surface area contributed by atoms with Gasteiger partial charge < -0.3 is 34.5 Å². The lowest BCUT2D eigenvalue weighted by Gasteiger charge is -2.36. The Kier molecular flexibility index (Phi) is 7.33. The number of hydrogen-bond acceptors (Lipinski definition) is 11. The number of carbonyl (C=O) groups is 1. The summed E-state index contributed by atoms with van der Waals surface area (Å²) >= 11 is 0. The molecule has 2 atom stereocenters. The van der Waals surface area contributed by atoms with Crippen LogP contribution in [0.2, 0.25) is 0 Å². The van der Waals surface area contributed by atoms with Crippen molar-refractivity contribution in [2.45, 2.75) is 44.8 Å². The number of alkyl halides is 2. The fourth-order valence-electron chi connectivity index (χ4n) is 4.95. The van der Waals surface area contributed by atoms with E-state index in [-0.39, 0.29) is 35.9 Å². The molecule has 0 radical (unpaired) electrons. The van der Waals surface area contributed by atoms with Gasteiger partial charge in [0, 0.05) is 31.3 Å². The van der Waals surface area contributed by atoms with Crippen LogP contribution in [-0.2, 0) is 17.9 Å². The molecule has 0 spiro atoms. The second kappa shape index (κ2) is 11.2. The molecule has 13 nitrogen and oxygen atoms in total. The number of fused-ring (bicyclic) bond motifs is 4. The van der Waals surface area contributed by atoms with E-state index in [1.54, 1.807) is 26.4 Å². The predicted octanol–water partition coefficient (Wildman–Crippen LogP) is 3.84. The summed E-state index contributed by atoms with van der Waals surface area (Å²) in [4.78, 5) is 24.4. The number of pyridine rings is 1. The fraction of sp³-hybridized carbons (Fsp3) is 0.370. The summed E-state index contributed by atoms with van der Waals surface area (Å²) < 4.78 is 49.2. The Morgan fingerprint density at radius 3 is 2.76 bits per heavy atom. The largest absolute Gasteiger partial charge is 0.497 e. The molecular formula is C27H28F2N8O5. The number of anilines is 3. The summed E-state index contributed by atoms with van der Waals surface area (Å²) in [6, 6.07) is 8.10. The zero-order chi connectivity index (χ0) is 29.4. The van der Waals surface area contributed by atoms with Gasteiger partial charge in [-0.05, 0) is 31.0 Å². The number of amides is 1. The molecule has 1 aromatic carbocycles. The minimum atomic E-state index is -3.12. The number of nitrogens with zero attached hydrogens (tertiary/aromatic N) is 6. The topological polar surface area (TPSA) is 138 Å². The third kappa shape index (κ3) is 5.30. The number of aromatic nitrogens is 5. The monoisotopic (exact) mass is 582 g/mol. The summed E-state index contributed by atoms with van der Waals surface area (Å²) in [6.45, 7) is -2.66. The quantitative estimate of drug-likeness (QED) is 0.329. The van der Waals surface area contributed by atoms with Crippen LogP contribution in [0.3, 0.4) is 0 Å². The Balaban J connectivity index is 1.45. The number of methoxy groups -OCH3 is 2. The number of ether oxygens (including phenoxy) is 4. The molecule has 4 aromatic rings. The Morgan fingerprint density at radius 2 is 2.02 bits per heavy atom. The molecule has 4 heterocycles. The van der Waals surface area contributed by atoms with Gasteiger partial charge >= 0.3 is 12.6 Å². The first-order valence-electron chi connectivity index (χ1n) is 13.1. The molecule has 1 amide bonds. The van der Waals surface area contributed by atoms with Gasteiger partial charge in [-0.15, -0.1) is 10.2 Å². The van der Waals surface area contributed by atoms with E-state index in [0.717, 1.165) is 18.4 Å². The van der Waals surface area contributed by atoms with Crippen molar-refractivity contribution in [3.63, 3.8) is 0 Å². The molecule has 220 valence electrons. The summed E-state index contributed by atoms with van der Waals surface area (Å²) in [5.74, 6) is 1.11. The SMILES string of the molecule is COc1ccc(CN(C)c2cc3nc4c2ncn4C(=O)N[C@@H]2CC[C@H]2OCc2cc(c(OC(F)F)nn2)N3)c(OC)c1. The first kappa shape index (κ1) is 27.4. The summed E-state index contributed by atoms with van der Waals surface area (Å²) in [5, 5.41) is 13.9. The normalized spacial score (nSPS) is 18.0. The minimum absolute atomic E-state index is 0.0636. The molecule has 3 aromatic heterocycles. The molecule has 1 saturated carbocycles. The Hall–Kier alpha value is -4.79. The third-order valence-corrected chi connectivity index (χ3v) is 7.26. The summed E-state index contributed by atoms with van der Waals surface area (Å²) in [6.07, 6.45) is 2.64. The first-order chi connectivity index (χ1) is 20.3. The van der Waals surface area contributed by atoms with Gasteiger partial charge in [-0.2, -0.15) is 8.78 Å². The van der Waals surface area contributed by atoms with Gasteiger partial charge in [-0.25, -0.2) is 19.3 Å². The predicted molar refractivity (Wildman–Crippen MR) is 147 cm³/mol. The van der Waals surface area contributed by atoms with Crippen molar-refractivity contribution in [3.8, 4) is 17.4 Å². The average Bonchev–Trinajstić information content (AvgIpc) is 3.39. The zero-order valence-electron chi connectivity index (χ0n) is 23.0. The molecule has 0 unspecified atom stereocenters. The van der Waals surface area contributed by atoms with Crippen molar-refractivity contribution in [1.29, 1.82) is 0 Å². The Bertz CT molecular complexity index is 1630. The van der Waals surface area contributed by atoms with Gasteiger partial charge in [0.25, 0.3) is 5.88 Å².